The maximum absolute atomic E-state index is 11.7. The van der Waals surface area contributed by atoms with Crippen molar-refractivity contribution in [3.05, 3.63) is 35.1 Å². The van der Waals surface area contributed by atoms with Crippen molar-refractivity contribution in [2.75, 3.05) is 0 Å². The minimum Gasteiger partial charge on any atom is -0.464 e. The van der Waals surface area contributed by atoms with Crippen LogP contribution in [0.15, 0.2) is 22.8 Å². The first-order chi connectivity index (χ1) is 9.38. The molecule has 2 rings (SSSR count). The van der Waals surface area contributed by atoms with Crippen LogP contribution in [0.5, 0.6) is 0 Å². The van der Waals surface area contributed by atoms with Crippen LogP contribution in [-0.2, 0) is 20.7 Å². The molecule has 0 radical (unpaired) electrons. The van der Waals surface area contributed by atoms with Gasteiger partial charge in [-0.25, -0.2) is 0 Å². The van der Waals surface area contributed by atoms with E-state index in [1.807, 2.05) is 26.0 Å². The van der Waals surface area contributed by atoms with Crippen molar-refractivity contribution in [1.82, 2.24) is 0 Å². The van der Waals surface area contributed by atoms with Crippen molar-refractivity contribution >= 4 is 22.8 Å². The van der Waals surface area contributed by atoms with E-state index in [4.69, 9.17) is 14.9 Å². The molecule has 0 aliphatic carbocycles. The van der Waals surface area contributed by atoms with E-state index >= 15 is 0 Å². The van der Waals surface area contributed by atoms with Gasteiger partial charge in [-0.05, 0) is 44.0 Å². The van der Waals surface area contributed by atoms with Crippen LogP contribution in [0.1, 0.15) is 23.6 Å². The molecule has 1 atom stereocenters. The van der Waals surface area contributed by atoms with E-state index in [9.17, 15) is 9.59 Å². The summed E-state index contributed by atoms with van der Waals surface area (Å²) in [4.78, 5) is 22.6. The predicted molar refractivity (Wildman–Crippen MR) is 74.1 cm³/mol. The first-order valence-electron chi connectivity index (χ1n) is 6.34. The van der Waals surface area contributed by atoms with E-state index < -0.39 is 18.0 Å². The number of primary amides is 1. The smallest absolute Gasteiger partial charge is 0.311 e. The van der Waals surface area contributed by atoms with Gasteiger partial charge in [0.25, 0.3) is 5.91 Å². The summed E-state index contributed by atoms with van der Waals surface area (Å²) >= 11 is 0. The lowest BCUT2D eigenvalue weighted by atomic mass is 10.0. The van der Waals surface area contributed by atoms with E-state index in [2.05, 4.69) is 0 Å². The molecule has 0 saturated heterocycles. The monoisotopic (exact) mass is 275 g/mol. The van der Waals surface area contributed by atoms with Crippen molar-refractivity contribution in [2.45, 2.75) is 33.3 Å². The number of esters is 1. The number of fused-ring (bicyclic) bond motifs is 1. The molecule has 1 amide bonds. The number of furan rings is 1. The molecule has 106 valence electrons. The van der Waals surface area contributed by atoms with Gasteiger partial charge < -0.3 is 14.9 Å². The van der Waals surface area contributed by atoms with Crippen LogP contribution in [0.25, 0.3) is 11.0 Å². The second-order valence-corrected chi connectivity index (χ2v) is 4.90. The lowest BCUT2D eigenvalue weighted by molar-refractivity contribution is -0.153. The van der Waals surface area contributed by atoms with Gasteiger partial charge in [0, 0.05) is 10.9 Å². The highest BCUT2D eigenvalue weighted by molar-refractivity contribution is 5.88. The zero-order chi connectivity index (χ0) is 14.9. The lowest BCUT2D eigenvalue weighted by Gasteiger charge is -2.08. The fourth-order valence-electron chi connectivity index (χ4n) is 1.93. The van der Waals surface area contributed by atoms with E-state index in [1.54, 1.807) is 6.26 Å². The molecule has 0 aliphatic heterocycles. The summed E-state index contributed by atoms with van der Waals surface area (Å²) in [6.45, 7) is 5.44. The van der Waals surface area contributed by atoms with Crippen molar-refractivity contribution < 1.29 is 18.7 Å². The molecule has 2 N–H and O–H groups in total. The Hall–Kier alpha value is -2.30. The summed E-state index contributed by atoms with van der Waals surface area (Å²) in [5.74, 6) is -1.17. The van der Waals surface area contributed by atoms with E-state index in [0.717, 1.165) is 27.7 Å². The molecule has 0 unspecified atom stereocenters. The van der Waals surface area contributed by atoms with Gasteiger partial charge in [0.2, 0.25) is 0 Å². The van der Waals surface area contributed by atoms with Gasteiger partial charge >= 0.3 is 5.97 Å². The van der Waals surface area contributed by atoms with Crippen LogP contribution >= 0.6 is 0 Å². The molecule has 0 aliphatic rings. The second kappa shape index (κ2) is 5.36. The molecule has 20 heavy (non-hydrogen) atoms. The normalized spacial score (nSPS) is 12.3. The fraction of sp³-hybridized carbons (Fsp3) is 0.333. The molecule has 0 fully saturated rings. The zero-order valence-electron chi connectivity index (χ0n) is 11.7. The fourth-order valence-corrected chi connectivity index (χ4v) is 1.93. The number of carbonyl (C=O) groups excluding carboxylic acids is 2. The Morgan fingerprint density at radius 1 is 1.30 bits per heavy atom. The third-order valence-electron chi connectivity index (χ3n) is 3.31. The number of hydrogen-bond acceptors (Lipinski definition) is 4. The van der Waals surface area contributed by atoms with E-state index in [0.29, 0.717) is 0 Å². The van der Waals surface area contributed by atoms with Gasteiger partial charge in [-0.2, -0.15) is 0 Å². The first-order valence-corrected chi connectivity index (χ1v) is 6.34. The summed E-state index contributed by atoms with van der Waals surface area (Å²) in [6, 6.07) is 3.92. The number of ether oxygens (including phenoxy) is 1. The van der Waals surface area contributed by atoms with Crippen LogP contribution in [0, 0.1) is 13.8 Å². The topological polar surface area (TPSA) is 82.5 Å². The number of hydrogen-bond donors (Lipinski definition) is 1. The molecule has 0 bridgehead atoms. The molecule has 1 aromatic carbocycles. The molecule has 1 heterocycles. The lowest BCUT2D eigenvalue weighted by Crippen LogP contribution is -2.30. The van der Waals surface area contributed by atoms with Gasteiger partial charge in [0.1, 0.15) is 5.58 Å². The van der Waals surface area contributed by atoms with Gasteiger partial charge in [0.05, 0.1) is 12.7 Å². The third kappa shape index (κ3) is 2.82. The van der Waals surface area contributed by atoms with Gasteiger partial charge in [-0.15, -0.1) is 0 Å². The van der Waals surface area contributed by atoms with Crippen LogP contribution in [-0.4, -0.2) is 18.0 Å². The van der Waals surface area contributed by atoms with E-state index in [1.165, 1.54) is 6.92 Å². The van der Waals surface area contributed by atoms with Gasteiger partial charge in [-0.1, -0.05) is 0 Å². The molecule has 0 saturated carbocycles. The third-order valence-corrected chi connectivity index (χ3v) is 3.31. The molecule has 0 spiro atoms. The largest absolute Gasteiger partial charge is 0.464 e. The Labute approximate surface area is 116 Å². The number of aryl methyl sites for hydroxylation is 2. The van der Waals surface area contributed by atoms with Gasteiger partial charge in [-0.3, -0.25) is 9.59 Å². The van der Waals surface area contributed by atoms with Crippen molar-refractivity contribution in [3.8, 4) is 0 Å². The first kappa shape index (κ1) is 14.1. The molecule has 5 nitrogen and oxygen atoms in total. The second-order valence-electron chi connectivity index (χ2n) is 4.90. The van der Waals surface area contributed by atoms with Crippen molar-refractivity contribution in [3.63, 3.8) is 0 Å². The SMILES string of the molecule is Cc1cc2occ(CC(=O)O[C@H](C)C(N)=O)c2cc1C. The number of benzene rings is 1. The summed E-state index contributed by atoms with van der Waals surface area (Å²) in [7, 11) is 0. The molecule has 2 aromatic rings. The Morgan fingerprint density at radius 2 is 1.95 bits per heavy atom. The number of carbonyl (C=O) groups is 2. The standard InChI is InChI=1S/C15H17NO4/c1-8-4-12-11(7-19-13(12)5-9(8)2)6-14(17)20-10(3)15(16)18/h4-5,7,10H,6H2,1-3H3,(H2,16,18)/t10-/m1/s1. The average Bonchev–Trinajstić information content (AvgIpc) is 2.72. The number of nitrogens with two attached hydrogens (primary N) is 1. The summed E-state index contributed by atoms with van der Waals surface area (Å²) in [5, 5.41) is 0.886. The summed E-state index contributed by atoms with van der Waals surface area (Å²) in [5.41, 5.74) is 8.78. The quantitative estimate of drug-likeness (QED) is 0.865. The van der Waals surface area contributed by atoms with Crippen molar-refractivity contribution in [1.29, 1.82) is 0 Å². The summed E-state index contributed by atoms with van der Waals surface area (Å²) in [6.07, 6.45) is 0.664. The molecular formula is C15H17NO4. The van der Waals surface area contributed by atoms with E-state index in [-0.39, 0.29) is 6.42 Å². The minimum absolute atomic E-state index is 0.0487. The Kier molecular flexibility index (Phi) is 3.79. The minimum atomic E-state index is -0.926. The maximum atomic E-state index is 11.7. The highest BCUT2D eigenvalue weighted by Crippen LogP contribution is 2.25. The van der Waals surface area contributed by atoms with Crippen LogP contribution in [0.3, 0.4) is 0 Å². The average molecular weight is 275 g/mol. The molecule has 5 heteroatoms. The highest BCUT2D eigenvalue weighted by Gasteiger charge is 2.17. The number of rotatable bonds is 4. The Morgan fingerprint density at radius 3 is 2.60 bits per heavy atom. The Balaban J connectivity index is 2.20. The van der Waals surface area contributed by atoms with Crippen molar-refractivity contribution in [2.24, 2.45) is 5.73 Å². The maximum Gasteiger partial charge on any atom is 0.311 e. The van der Waals surface area contributed by atoms with Crippen LogP contribution < -0.4 is 5.73 Å². The highest BCUT2D eigenvalue weighted by atomic mass is 16.5. The predicted octanol–water partition coefficient (Wildman–Crippen LogP) is 2.01. The molecule has 1 aromatic heterocycles. The van der Waals surface area contributed by atoms with Gasteiger partial charge in [0.15, 0.2) is 6.10 Å². The van der Waals surface area contributed by atoms with Crippen LogP contribution in [0.4, 0.5) is 0 Å². The Bertz CT molecular complexity index is 672. The van der Waals surface area contributed by atoms with Crippen LogP contribution in [0.2, 0.25) is 0 Å². The summed E-state index contributed by atoms with van der Waals surface area (Å²) < 4.78 is 10.4. The zero-order valence-corrected chi connectivity index (χ0v) is 11.7. The molecular weight excluding hydrogens is 258 g/mol. The number of amides is 1.